The molecule has 1 fully saturated rings. The van der Waals surface area contributed by atoms with Crippen LogP contribution in [0.1, 0.15) is 25.5 Å². The highest BCUT2D eigenvalue weighted by molar-refractivity contribution is 7.20. The molecule has 0 spiro atoms. The first-order chi connectivity index (χ1) is 11.2. The van der Waals surface area contributed by atoms with Gasteiger partial charge >= 0.3 is 0 Å². The number of fused-ring (bicyclic) bond motifs is 1. The third-order valence-corrected chi connectivity index (χ3v) is 4.98. The highest BCUT2D eigenvalue weighted by atomic mass is 32.1. The van der Waals surface area contributed by atoms with Gasteiger partial charge in [0.1, 0.15) is 0 Å². The number of piperazine rings is 1. The number of aryl methyl sites for hydroxylation is 1. The van der Waals surface area contributed by atoms with Crippen LogP contribution in [-0.2, 0) is 6.42 Å². The summed E-state index contributed by atoms with van der Waals surface area (Å²) in [4.78, 5) is 22.0. The predicted molar refractivity (Wildman–Crippen MR) is 93.2 cm³/mol. The molecule has 6 nitrogen and oxygen atoms in total. The van der Waals surface area contributed by atoms with E-state index >= 15 is 0 Å². The van der Waals surface area contributed by atoms with E-state index in [1.54, 1.807) is 6.07 Å². The molecule has 0 unspecified atom stereocenters. The number of nitrogens with zero attached hydrogens (tertiary/aromatic N) is 5. The maximum absolute atomic E-state index is 12.2. The lowest BCUT2D eigenvalue weighted by Gasteiger charge is -2.33. The highest BCUT2D eigenvalue weighted by Gasteiger charge is 2.20. The summed E-state index contributed by atoms with van der Waals surface area (Å²) in [5.74, 6) is 2.69. The predicted octanol–water partition coefficient (Wildman–Crippen LogP) is 1.25. The molecule has 122 valence electrons. The zero-order valence-corrected chi connectivity index (χ0v) is 14.2. The standard InChI is InChI=1S/C16H21N5OS/c1-3-5-7-19-8-10-20(11-9-19)16-18-21-14(22)12-13(6-4-2)17-15(21)23-16/h1,12H,4-11H2,2H3. The van der Waals surface area contributed by atoms with Crippen molar-refractivity contribution in [3.8, 4) is 12.3 Å². The summed E-state index contributed by atoms with van der Waals surface area (Å²) < 4.78 is 1.42. The van der Waals surface area contributed by atoms with Crippen molar-refractivity contribution in [3.05, 3.63) is 22.1 Å². The molecule has 1 aliphatic rings. The second kappa shape index (κ2) is 7.11. The van der Waals surface area contributed by atoms with E-state index in [2.05, 4.69) is 32.7 Å². The van der Waals surface area contributed by atoms with Gasteiger partial charge in [-0.1, -0.05) is 24.7 Å². The normalized spacial score (nSPS) is 15.9. The van der Waals surface area contributed by atoms with Crippen molar-refractivity contribution in [2.75, 3.05) is 37.6 Å². The molecule has 7 heteroatoms. The third kappa shape index (κ3) is 3.54. The fourth-order valence-corrected chi connectivity index (χ4v) is 3.72. The third-order valence-electron chi connectivity index (χ3n) is 4.01. The number of terminal acetylenes is 1. The second-order valence-corrected chi connectivity index (χ2v) is 6.63. The van der Waals surface area contributed by atoms with E-state index < -0.39 is 0 Å². The van der Waals surface area contributed by atoms with Crippen LogP contribution < -0.4 is 10.5 Å². The van der Waals surface area contributed by atoms with Crippen molar-refractivity contribution in [1.82, 2.24) is 19.5 Å². The zero-order valence-electron chi connectivity index (χ0n) is 13.4. The summed E-state index contributed by atoms with van der Waals surface area (Å²) in [5, 5.41) is 5.33. The quantitative estimate of drug-likeness (QED) is 0.772. The second-order valence-electron chi connectivity index (χ2n) is 5.70. The molecule has 0 bridgehead atoms. The molecule has 0 radical (unpaired) electrons. The van der Waals surface area contributed by atoms with Gasteiger partial charge in [-0.3, -0.25) is 9.69 Å². The molecule has 3 rings (SSSR count). The average molecular weight is 331 g/mol. The molecule has 0 atom stereocenters. The van der Waals surface area contributed by atoms with E-state index in [9.17, 15) is 4.79 Å². The van der Waals surface area contributed by atoms with Crippen LogP contribution in [-0.4, -0.2) is 52.2 Å². The SMILES string of the molecule is C#CCCN1CCN(c2nn3c(=O)cc(CCC)nc3s2)CC1. The van der Waals surface area contributed by atoms with Crippen LogP contribution in [0.5, 0.6) is 0 Å². The first-order valence-corrected chi connectivity index (χ1v) is 8.83. The van der Waals surface area contributed by atoms with Crippen LogP contribution in [0, 0.1) is 12.3 Å². The Balaban J connectivity index is 1.75. The summed E-state index contributed by atoms with van der Waals surface area (Å²) in [6.07, 6.45) is 7.92. The molecule has 2 aromatic rings. The van der Waals surface area contributed by atoms with Gasteiger partial charge < -0.3 is 4.90 Å². The van der Waals surface area contributed by atoms with Gasteiger partial charge in [0, 0.05) is 50.9 Å². The lowest BCUT2D eigenvalue weighted by Crippen LogP contribution is -2.46. The Bertz CT molecular complexity index is 767. The van der Waals surface area contributed by atoms with Gasteiger partial charge in [0.15, 0.2) is 0 Å². The van der Waals surface area contributed by atoms with Crippen LogP contribution in [0.15, 0.2) is 10.9 Å². The minimum atomic E-state index is -0.0893. The van der Waals surface area contributed by atoms with E-state index in [-0.39, 0.29) is 5.56 Å². The van der Waals surface area contributed by atoms with Crippen molar-refractivity contribution < 1.29 is 0 Å². The molecule has 0 aromatic carbocycles. The molecule has 0 N–H and O–H groups in total. The molecule has 23 heavy (non-hydrogen) atoms. The summed E-state index contributed by atoms with van der Waals surface area (Å²) in [5.41, 5.74) is 0.764. The fourth-order valence-electron chi connectivity index (χ4n) is 2.74. The van der Waals surface area contributed by atoms with E-state index in [4.69, 9.17) is 6.42 Å². The van der Waals surface area contributed by atoms with E-state index in [0.717, 1.165) is 62.8 Å². The van der Waals surface area contributed by atoms with Crippen molar-refractivity contribution in [2.24, 2.45) is 0 Å². The number of rotatable bonds is 5. The van der Waals surface area contributed by atoms with Crippen molar-refractivity contribution >= 4 is 21.4 Å². The first-order valence-electron chi connectivity index (χ1n) is 8.02. The van der Waals surface area contributed by atoms with Crippen LogP contribution in [0.3, 0.4) is 0 Å². The van der Waals surface area contributed by atoms with Gasteiger partial charge in [0.25, 0.3) is 5.56 Å². The fraction of sp³-hybridized carbons (Fsp3) is 0.562. The Labute approximate surface area is 139 Å². The van der Waals surface area contributed by atoms with Crippen molar-refractivity contribution in [3.63, 3.8) is 0 Å². The van der Waals surface area contributed by atoms with E-state index in [1.165, 1.54) is 15.9 Å². The Morgan fingerprint density at radius 2 is 2.13 bits per heavy atom. The molecular formula is C16H21N5OS. The van der Waals surface area contributed by atoms with Crippen LogP contribution in [0.2, 0.25) is 0 Å². The summed E-state index contributed by atoms with van der Waals surface area (Å²) in [6, 6.07) is 1.59. The molecule has 0 saturated carbocycles. The number of anilines is 1. The average Bonchev–Trinajstić information content (AvgIpc) is 2.98. The van der Waals surface area contributed by atoms with Crippen LogP contribution in [0.25, 0.3) is 4.96 Å². The van der Waals surface area contributed by atoms with Gasteiger partial charge in [0.05, 0.1) is 0 Å². The molecule has 1 aliphatic heterocycles. The van der Waals surface area contributed by atoms with Gasteiger partial charge in [-0.25, -0.2) is 4.98 Å². The first kappa shape index (κ1) is 16.0. The minimum Gasteiger partial charge on any atom is -0.344 e. The zero-order chi connectivity index (χ0) is 16.2. The lowest BCUT2D eigenvalue weighted by atomic mass is 10.2. The molecule has 0 amide bonds. The number of hydrogen-bond donors (Lipinski definition) is 0. The largest absolute Gasteiger partial charge is 0.344 e. The lowest BCUT2D eigenvalue weighted by molar-refractivity contribution is 0.263. The van der Waals surface area contributed by atoms with Gasteiger partial charge in [-0.2, -0.15) is 4.52 Å². The molecular weight excluding hydrogens is 310 g/mol. The number of hydrogen-bond acceptors (Lipinski definition) is 6. The van der Waals surface area contributed by atoms with Gasteiger partial charge in [-0.15, -0.1) is 17.4 Å². The topological polar surface area (TPSA) is 53.7 Å². The van der Waals surface area contributed by atoms with Crippen molar-refractivity contribution in [2.45, 2.75) is 26.2 Å². The van der Waals surface area contributed by atoms with Gasteiger partial charge in [0.2, 0.25) is 10.1 Å². The summed E-state index contributed by atoms with van der Waals surface area (Å²) >= 11 is 1.49. The molecule has 2 aromatic heterocycles. The van der Waals surface area contributed by atoms with Crippen molar-refractivity contribution in [1.29, 1.82) is 0 Å². The monoisotopic (exact) mass is 331 g/mol. The maximum Gasteiger partial charge on any atom is 0.275 e. The molecule has 1 saturated heterocycles. The van der Waals surface area contributed by atoms with E-state index in [0.29, 0.717) is 4.96 Å². The Hall–Kier alpha value is -1.91. The Morgan fingerprint density at radius 3 is 2.83 bits per heavy atom. The van der Waals surface area contributed by atoms with E-state index in [1.807, 2.05) is 0 Å². The Morgan fingerprint density at radius 1 is 1.35 bits per heavy atom. The van der Waals surface area contributed by atoms with Gasteiger partial charge in [-0.05, 0) is 6.42 Å². The minimum absolute atomic E-state index is 0.0893. The van der Waals surface area contributed by atoms with Crippen LogP contribution in [0.4, 0.5) is 5.13 Å². The molecule has 3 heterocycles. The number of aromatic nitrogens is 3. The van der Waals surface area contributed by atoms with Crippen LogP contribution >= 0.6 is 11.3 Å². The smallest absolute Gasteiger partial charge is 0.275 e. The summed E-state index contributed by atoms with van der Waals surface area (Å²) in [6.45, 7) is 6.79. The highest BCUT2D eigenvalue weighted by Crippen LogP contribution is 2.22. The maximum atomic E-state index is 12.2. The molecule has 0 aliphatic carbocycles. The summed E-state index contributed by atoms with van der Waals surface area (Å²) in [7, 11) is 0. The Kier molecular flexibility index (Phi) is 4.94.